The van der Waals surface area contributed by atoms with Crippen molar-refractivity contribution in [3.05, 3.63) is 12.2 Å². The maximum absolute atomic E-state index is 5.11. The molecule has 0 unspecified atom stereocenters. The average Bonchev–Trinajstić information content (AvgIpc) is 2.17. The van der Waals surface area contributed by atoms with Gasteiger partial charge in [0.15, 0.2) is 6.16 Å². The zero-order chi connectivity index (χ0) is 5.61. The first-order chi connectivity index (χ1) is 3.85. The molecule has 0 aromatic carbocycles. The molecule has 3 aliphatic heterocycles. The van der Waals surface area contributed by atoms with Crippen LogP contribution in [0.1, 0.15) is 6.92 Å². The second-order valence-corrected chi connectivity index (χ2v) is 4.08. The molecular weight excluding hydrogens is 127 g/mol. The van der Waals surface area contributed by atoms with Crippen LogP contribution in [0.15, 0.2) is 12.2 Å². The summed E-state index contributed by atoms with van der Waals surface area (Å²) in [6.07, 6.45) is 2.38. The molecule has 0 radical (unpaired) electrons. The standard InChI is InChI=1S/C4H6O3P/c1-2-8-5-3-4(6-8)7-8/h3H,2H2,1H3/q+1. The Morgan fingerprint density at radius 1 is 1.62 bits per heavy atom. The molecular formula is C4H6O3P+. The molecule has 1 saturated heterocycles. The predicted molar refractivity (Wildman–Crippen MR) is 28.8 cm³/mol. The van der Waals surface area contributed by atoms with Gasteiger partial charge in [0, 0.05) is 0 Å². The van der Waals surface area contributed by atoms with Gasteiger partial charge in [-0.25, -0.2) is 9.05 Å². The van der Waals surface area contributed by atoms with E-state index in [9.17, 15) is 0 Å². The van der Waals surface area contributed by atoms with Crippen LogP contribution in [0.3, 0.4) is 0 Å². The molecule has 0 aromatic heterocycles. The molecule has 0 N–H and O–H groups in total. The molecule has 1 fully saturated rings. The molecule has 44 valence electrons. The van der Waals surface area contributed by atoms with Gasteiger partial charge >= 0.3 is 13.9 Å². The third-order valence-electron chi connectivity index (χ3n) is 1.15. The largest absolute Gasteiger partial charge is 0.548 e. The van der Waals surface area contributed by atoms with Crippen molar-refractivity contribution < 1.29 is 13.6 Å². The van der Waals surface area contributed by atoms with Crippen LogP contribution in [0.4, 0.5) is 0 Å². The van der Waals surface area contributed by atoms with Crippen molar-refractivity contribution in [1.29, 1.82) is 0 Å². The van der Waals surface area contributed by atoms with E-state index in [1.807, 2.05) is 6.92 Å². The summed E-state index contributed by atoms with van der Waals surface area (Å²) >= 11 is 0. The Kier molecular flexibility index (Phi) is 0.616. The summed E-state index contributed by atoms with van der Waals surface area (Å²) in [5, 5.41) is 0. The number of hydrogen-bond donors (Lipinski definition) is 0. The van der Waals surface area contributed by atoms with Crippen molar-refractivity contribution in [1.82, 2.24) is 0 Å². The van der Waals surface area contributed by atoms with E-state index in [1.165, 1.54) is 6.26 Å². The maximum atomic E-state index is 5.11. The predicted octanol–water partition coefficient (Wildman–Crippen LogP) is 1.64. The summed E-state index contributed by atoms with van der Waals surface area (Å²) in [5.41, 5.74) is 0. The Bertz CT molecular complexity index is 140. The highest BCUT2D eigenvalue weighted by atomic mass is 31.2. The lowest BCUT2D eigenvalue weighted by Gasteiger charge is -2.18. The molecule has 0 aromatic rings. The van der Waals surface area contributed by atoms with Gasteiger partial charge in [0.05, 0.1) is 0 Å². The average molecular weight is 133 g/mol. The fourth-order valence-corrected chi connectivity index (χ4v) is 2.08. The highest BCUT2D eigenvalue weighted by Crippen LogP contribution is 2.76. The van der Waals surface area contributed by atoms with Crippen LogP contribution in [-0.2, 0) is 13.6 Å². The molecule has 2 bridgehead atoms. The van der Waals surface area contributed by atoms with Crippen LogP contribution in [0, 0.1) is 0 Å². The minimum absolute atomic E-state index is 0.556. The van der Waals surface area contributed by atoms with E-state index in [2.05, 4.69) is 0 Å². The second-order valence-electron chi connectivity index (χ2n) is 1.65. The highest BCUT2D eigenvalue weighted by molar-refractivity contribution is 7.63. The van der Waals surface area contributed by atoms with Crippen molar-refractivity contribution in [2.75, 3.05) is 6.16 Å². The van der Waals surface area contributed by atoms with Crippen LogP contribution < -0.4 is 0 Å². The van der Waals surface area contributed by atoms with Crippen LogP contribution in [0.25, 0.3) is 0 Å². The fourth-order valence-electron chi connectivity index (χ4n) is 0.694. The van der Waals surface area contributed by atoms with Crippen LogP contribution in [-0.4, -0.2) is 6.16 Å². The first-order valence-electron chi connectivity index (χ1n) is 2.50. The van der Waals surface area contributed by atoms with Gasteiger partial charge in [0.1, 0.15) is 0 Å². The van der Waals surface area contributed by atoms with Crippen LogP contribution in [0.5, 0.6) is 0 Å². The van der Waals surface area contributed by atoms with Gasteiger partial charge in [-0.1, -0.05) is 0 Å². The molecule has 3 aliphatic rings. The van der Waals surface area contributed by atoms with Gasteiger partial charge in [-0.3, -0.25) is 4.52 Å². The van der Waals surface area contributed by atoms with E-state index in [4.69, 9.17) is 13.6 Å². The van der Waals surface area contributed by atoms with Crippen molar-refractivity contribution >= 4 is 7.94 Å². The second kappa shape index (κ2) is 1.11. The fraction of sp³-hybridized carbons (Fsp3) is 0.500. The number of fused-ring (bicyclic) bond motifs is 1. The van der Waals surface area contributed by atoms with Crippen LogP contribution >= 0.6 is 7.94 Å². The molecule has 0 aliphatic carbocycles. The number of rotatable bonds is 1. The van der Waals surface area contributed by atoms with Gasteiger partial charge in [-0.05, 0) is 6.92 Å². The summed E-state index contributed by atoms with van der Waals surface area (Å²) in [7, 11) is -1.75. The first-order valence-corrected chi connectivity index (χ1v) is 4.23. The first kappa shape index (κ1) is 4.45. The molecule has 0 saturated carbocycles. The van der Waals surface area contributed by atoms with Crippen molar-refractivity contribution in [2.45, 2.75) is 6.92 Å². The molecule has 8 heavy (non-hydrogen) atoms. The van der Waals surface area contributed by atoms with E-state index >= 15 is 0 Å². The molecule has 3 heterocycles. The van der Waals surface area contributed by atoms with Gasteiger partial charge in [0.2, 0.25) is 6.26 Å². The minimum atomic E-state index is -1.75. The smallest absolute Gasteiger partial charge is 0.271 e. The number of hydrogen-bond acceptors (Lipinski definition) is 3. The minimum Gasteiger partial charge on any atom is -0.271 e. The Labute approximate surface area is 47.8 Å². The maximum Gasteiger partial charge on any atom is 0.548 e. The molecule has 0 spiro atoms. The van der Waals surface area contributed by atoms with Gasteiger partial charge < -0.3 is 0 Å². The summed E-state index contributed by atoms with van der Waals surface area (Å²) in [4.78, 5) is 0. The van der Waals surface area contributed by atoms with E-state index in [0.717, 1.165) is 6.16 Å². The van der Waals surface area contributed by atoms with E-state index in [0.29, 0.717) is 5.95 Å². The lowest BCUT2D eigenvalue weighted by atomic mass is 11.0. The zero-order valence-electron chi connectivity index (χ0n) is 4.46. The summed E-state index contributed by atoms with van der Waals surface area (Å²) in [5.74, 6) is 0.556. The zero-order valence-corrected chi connectivity index (χ0v) is 5.35. The quantitative estimate of drug-likeness (QED) is 0.509. The Balaban J connectivity index is 2.17. The topological polar surface area (TPSA) is 27.7 Å². The monoisotopic (exact) mass is 133 g/mol. The van der Waals surface area contributed by atoms with Crippen molar-refractivity contribution in [3.63, 3.8) is 0 Å². The van der Waals surface area contributed by atoms with Crippen LogP contribution in [0.2, 0.25) is 0 Å². The van der Waals surface area contributed by atoms with E-state index < -0.39 is 7.94 Å². The van der Waals surface area contributed by atoms with Gasteiger partial charge in [0.25, 0.3) is 0 Å². The summed E-state index contributed by atoms with van der Waals surface area (Å²) < 4.78 is 15.3. The molecule has 0 amide bonds. The molecule has 4 heteroatoms. The molecule has 3 rings (SSSR count). The Hall–Kier alpha value is -0.430. The van der Waals surface area contributed by atoms with Gasteiger partial charge in [-0.15, -0.1) is 0 Å². The Morgan fingerprint density at radius 3 is 2.62 bits per heavy atom. The summed E-state index contributed by atoms with van der Waals surface area (Å²) in [6, 6.07) is 0. The lowest BCUT2D eigenvalue weighted by Crippen LogP contribution is -2.09. The normalized spacial score (nSPS) is 26.4. The molecule has 3 nitrogen and oxygen atoms in total. The van der Waals surface area contributed by atoms with Gasteiger partial charge in [-0.2, -0.15) is 0 Å². The molecule has 0 atom stereocenters. The SMILES string of the molecule is CC[P+]12OC=C(O1)O2. The highest BCUT2D eigenvalue weighted by Gasteiger charge is 2.65. The summed E-state index contributed by atoms with van der Waals surface area (Å²) in [6.45, 7) is 1.99. The third-order valence-corrected chi connectivity index (χ3v) is 3.27. The van der Waals surface area contributed by atoms with Crippen molar-refractivity contribution in [3.8, 4) is 0 Å². The third kappa shape index (κ3) is 0.337. The van der Waals surface area contributed by atoms with Crippen molar-refractivity contribution in [2.24, 2.45) is 0 Å². The Morgan fingerprint density at radius 2 is 2.38 bits per heavy atom. The van der Waals surface area contributed by atoms with E-state index in [-0.39, 0.29) is 0 Å². The lowest BCUT2D eigenvalue weighted by molar-refractivity contribution is 0.121. The van der Waals surface area contributed by atoms with E-state index in [1.54, 1.807) is 0 Å².